The highest BCUT2D eigenvalue weighted by Crippen LogP contribution is 2.40. The lowest BCUT2D eigenvalue weighted by Gasteiger charge is -2.32. The van der Waals surface area contributed by atoms with Gasteiger partial charge in [-0.2, -0.15) is 0 Å². The van der Waals surface area contributed by atoms with E-state index in [-0.39, 0.29) is 17.6 Å². The second kappa shape index (κ2) is 5.98. The molecular formula is C15H22O3. The molecule has 0 saturated carbocycles. The molecule has 0 unspecified atom stereocenters. The van der Waals surface area contributed by atoms with Gasteiger partial charge in [-0.1, -0.05) is 25.5 Å². The summed E-state index contributed by atoms with van der Waals surface area (Å²) < 4.78 is 4.47. The Morgan fingerprint density at radius 3 is 2.61 bits per heavy atom. The summed E-state index contributed by atoms with van der Waals surface area (Å²) in [6.07, 6.45) is 6.62. The lowest BCUT2D eigenvalue weighted by molar-refractivity contribution is -0.142. The van der Waals surface area contributed by atoms with Crippen LogP contribution in [0.3, 0.4) is 0 Å². The Balaban J connectivity index is 2.76. The summed E-state index contributed by atoms with van der Waals surface area (Å²) in [5, 5.41) is 0. The van der Waals surface area contributed by atoms with E-state index >= 15 is 0 Å². The fourth-order valence-corrected chi connectivity index (χ4v) is 2.46. The fraction of sp³-hybridized carbons (Fsp3) is 0.600. The monoisotopic (exact) mass is 250 g/mol. The van der Waals surface area contributed by atoms with Crippen LogP contribution in [-0.4, -0.2) is 18.9 Å². The van der Waals surface area contributed by atoms with Gasteiger partial charge in [-0.3, -0.25) is 9.59 Å². The van der Waals surface area contributed by atoms with Crippen molar-refractivity contribution in [1.82, 2.24) is 0 Å². The minimum absolute atomic E-state index is 0.115. The molecule has 0 saturated heterocycles. The Morgan fingerprint density at radius 2 is 2.06 bits per heavy atom. The Bertz CT molecular complexity index is 400. The van der Waals surface area contributed by atoms with Crippen molar-refractivity contribution in [3.8, 4) is 0 Å². The molecule has 3 heteroatoms. The van der Waals surface area contributed by atoms with E-state index in [2.05, 4.69) is 25.5 Å². The zero-order chi connectivity index (χ0) is 13.8. The first kappa shape index (κ1) is 14.7. The van der Waals surface area contributed by atoms with E-state index in [4.69, 9.17) is 0 Å². The first-order valence-electron chi connectivity index (χ1n) is 6.35. The van der Waals surface area contributed by atoms with Crippen LogP contribution in [-0.2, 0) is 14.3 Å². The molecule has 1 aliphatic rings. The number of carbonyl (C=O) groups excluding carboxylic acids is 2. The maximum absolute atomic E-state index is 11.6. The lowest BCUT2D eigenvalue weighted by atomic mass is 9.72. The molecule has 0 atom stereocenters. The topological polar surface area (TPSA) is 43.4 Å². The highest BCUT2D eigenvalue weighted by atomic mass is 16.5. The van der Waals surface area contributed by atoms with Crippen molar-refractivity contribution in [3.63, 3.8) is 0 Å². The molecule has 100 valence electrons. The van der Waals surface area contributed by atoms with E-state index in [0.29, 0.717) is 0 Å². The Labute approximate surface area is 109 Å². The summed E-state index contributed by atoms with van der Waals surface area (Å²) in [7, 11) is 1.29. The van der Waals surface area contributed by atoms with Crippen molar-refractivity contribution in [3.05, 3.63) is 23.3 Å². The van der Waals surface area contributed by atoms with E-state index < -0.39 is 5.97 Å². The number of esters is 1. The number of hydrogen-bond donors (Lipinski definition) is 0. The van der Waals surface area contributed by atoms with Crippen molar-refractivity contribution < 1.29 is 14.3 Å². The second-order valence-corrected chi connectivity index (χ2v) is 5.48. The van der Waals surface area contributed by atoms with Crippen molar-refractivity contribution >= 4 is 11.8 Å². The van der Waals surface area contributed by atoms with Gasteiger partial charge < -0.3 is 4.74 Å². The molecular weight excluding hydrogens is 228 g/mol. The molecule has 0 radical (unpaired) electrons. The molecule has 0 heterocycles. The average molecular weight is 250 g/mol. The summed E-state index contributed by atoms with van der Waals surface area (Å²) in [6, 6.07) is 0. The quantitative estimate of drug-likeness (QED) is 0.437. The van der Waals surface area contributed by atoms with Crippen LogP contribution in [0.15, 0.2) is 23.3 Å². The summed E-state index contributed by atoms with van der Waals surface area (Å²) >= 11 is 0. The van der Waals surface area contributed by atoms with Gasteiger partial charge >= 0.3 is 5.97 Å². The van der Waals surface area contributed by atoms with Crippen LogP contribution in [0.25, 0.3) is 0 Å². The van der Waals surface area contributed by atoms with E-state index in [1.807, 2.05) is 6.08 Å². The number of ether oxygens (including phenoxy) is 1. The second-order valence-electron chi connectivity index (χ2n) is 5.48. The maximum Gasteiger partial charge on any atom is 0.313 e. The van der Waals surface area contributed by atoms with Crippen LogP contribution < -0.4 is 0 Å². The molecule has 0 aromatic rings. The van der Waals surface area contributed by atoms with Crippen molar-refractivity contribution in [2.45, 2.75) is 46.5 Å². The van der Waals surface area contributed by atoms with Crippen LogP contribution in [0.5, 0.6) is 0 Å². The Morgan fingerprint density at radius 1 is 1.39 bits per heavy atom. The smallest absolute Gasteiger partial charge is 0.313 e. The zero-order valence-corrected chi connectivity index (χ0v) is 11.7. The number of hydrogen-bond acceptors (Lipinski definition) is 3. The number of carbonyl (C=O) groups is 2. The van der Waals surface area contributed by atoms with Crippen molar-refractivity contribution in [2.75, 3.05) is 7.11 Å². The Kier molecular flexibility index (Phi) is 4.88. The van der Waals surface area contributed by atoms with E-state index in [9.17, 15) is 9.59 Å². The maximum atomic E-state index is 11.6. The predicted octanol–water partition coefficient (Wildman–Crippen LogP) is 3.20. The van der Waals surface area contributed by atoms with Crippen molar-refractivity contribution in [2.24, 2.45) is 5.41 Å². The third-order valence-corrected chi connectivity index (χ3v) is 3.52. The fourth-order valence-electron chi connectivity index (χ4n) is 2.46. The third-order valence-electron chi connectivity index (χ3n) is 3.52. The first-order chi connectivity index (χ1) is 8.36. The standard InChI is InChI=1S/C15H22O3/c1-11-6-5-9-15(2,3)13(11)8-7-12(16)10-14(17)18-4/h7-8H,5-6,9-10H2,1-4H3. The van der Waals surface area contributed by atoms with Crippen LogP contribution in [0.2, 0.25) is 0 Å². The molecule has 1 rings (SSSR count). The normalized spacial score (nSPS) is 19.1. The Hall–Kier alpha value is -1.38. The van der Waals surface area contributed by atoms with Crippen molar-refractivity contribution in [1.29, 1.82) is 0 Å². The van der Waals surface area contributed by atoms with Gasteiger partial charge in [0.25, 0.3) is 0 Å². The molecule has 0 aromatic carbocycles. The predicted molar refractivity (Wildman–Crippen MR) is 71.1 cm³/mol. The van der Waals surface area contributed by atoms with Gasteiger partial charge in [0.15, 0.2) is 5.78 Å². The van der Waals surface area contributed by atoms with Gasteiger partial charge in [-0.05, 0) is 43.3 Å². The molecule has 0 amide bonds. The minimum atomic E-state index is -0.488. The number of methoxy groups -OCH3 is 1. The van der Waals surface area contributed by atoms with Gasteiger partial charge in [-0.25, -0.2) is 0 Å². The molecule has 3 nitrogen and oxygen atoms in total. The number of rotatable bonds is 4. The summed E-state index contributed by atoms with van der Waals surface area (Å²) in [6.45, 7) is 6.51. The van der Waals surface area contributed by atoms with Gasteiger partial charge in [0.2, 0.25) is 0 Å². The van der Waals surface area contributed by atoms with E-state index in [1.165, 1.54) is 30.8 Å². The highest BCUT2D eigenvalue weighted by Gasteiger charge is 2.26. The number of ketones is 1. The molecule has 1 aliphatic carbocycles. The molecule has 0 aliphatic heterocycles. The zero-order valence-electron chi connectivity index (χ0n) is 11.7. The van der Waals surface area contributed by atoms with Gasteiger partial charge in [0.05, 0.1) is 7.11 Å². The van der Waals surface area contributed by atoms with E-state index in [1.54, 1.807) is 0 Å². The minimum Gasteiger partial charge on any atom is -0.469 e. The molecule has 0 fully saturated rings. The van der Waals surface area contributed by atoms with Gasteiger partial charge in [-0.15, -0.1) is 0 Å². The molecule has 0 aromatic heterocycles. The van der Waals surface area contributed by atoms with Crippen LogP contribution >= 0.6 is 0 Å². The largest absolute Gasteiger partial charge is 0.469 e. The van der Waals surface area contributed by atoms with Crippen LogP contribution in [0.4, 0.5) is 0 Å². The molecule has 18 heavy (non-hydrogen) atoms. The SMILES string of the molecule is COC(=O)CC(=O)C=CC1=C(C)CCCC1(C)C. The molecule has 0 N–H and O–H groups in total. The molecule has 0 bridgehead atoms. The summed E-state index contributed by atoms with van der Waals surface area (Å²) in [5.74, 6) is -0.693. The van der Waals surface area contributed by atoms with E-state index in [0.717, 1.165) is 12.8 Å². The number of allylic oxidation sites excluding steroid dienone is 4. The van der Waals surface area contributed by atoms with Gasteiger partial charge in [0.1, 0.15) is 6.42 Å². The first-order valence-corrected chi connectivity index (χ1v) is 6.35. The highest BCUT2D eigenvalue weighted by molar-refractivity contribution is 6.02. The average Bonchev–Trinajstić information content (AvgIpc) is 2.27. The molecule has 0 spiro atoms. The van der Waals surface area contributed by atoms with Crippen LogP contribution in [0.1, 0.15) is 46.5 Å². The summed E-state index contributed by atoms with van der Waals surface area (Å²) in [4.78, 5) is 22.5. The van der Waals surface area contributed by atoms with Gasteiger partial charge in [0, 0.05) is 0 Å². The third kappa shape index (κ3) is 3.83. The summed E-state index contributed by atoms with van der Waals surface area (Å²) in [5.41, 5.74) is 2.69. The van der Waals surface area contributed by atoms with Crippen LogP contribution in [0, 0.1) is 5.41 Å². The lowest BCUT2D eigenvalue weighted by Crippen LogP contribution is -2.19.